The zero-order valence-corrected chi connectivity index (χ0v) is 14.7. The summed E-state index contributed by atoms with van der Waals surface area (Å²) in [4.78, 5) is 14.8. The molecule has 134 valence electrons. The van der Waals surface area contributed by atoms with Crippen LogP contribution >= 0.6 is 0 Å². The van der Waals surface area contributed by atoms with Crippen LogP contribution in [0.3, 0.4) is 0 Å². The van der Waals surface area contributed by atoms with Gasteiger partial charge in [-0.2, -0.15) is 0 Å². The normalized spacial score (nSPS) is 20.8. The smallest absolute Gasteiger partial charge is 0.256 e. The number of benzene rings is 1. The van der Waals surface area contributed by atoms with Crippen molar-refractivity contribution < 1.29 is 19.0 Å². The van der Waals surface area contributed by atoms with Crippen LogP contribution < -0.4 is 0 Å². The van der Waals surface area contributed by atoms with Gasteiger partial charge in [-0.15, -0.1) is 0 Å². The number of amides is 1. The number of rotatable bonds is 3. The summed E-state index contributed by atoms with van der Waals surface area (Å²) in [5, 5.41) is 9.32. The van der Waals surface area contributed by atoms with Crippen LogP contribution in [0.25, 0.3) is 5.69 Å². The third kappa shape index (κ3) is 3.32. The van der Waals surface area contributed by atoms with Crippen LogP contribution in [0.5, 0.6) is 0 Å². The molecule has 2 heterocycles. The van der Waals surface area contributed by atoms with Crippen LogP contribution in [0.2, 0.25) is 0 Å². The summed E-state index contributed by atoms with van der Waals surface area (Å²) in [6.07, 6.45) is -0.347. The highest BCUT2D eigenvalue weighted by Crippen LogP contribution is 2.24. The summed E-state index contributed by atoms with van der Waals surface area (Å²) in [6, 6.07) is 8.02. The third-order valence-electron chi connectivity index (χ3n) is 4.72. The van der Waals surface area contributed by atoms with Crippen LogP contribution in [0.15, 0.2) is 30.3 Å². The number of nitrogens with zero attached hydrogens (tertiary/aromatic N) is 2. The van der Waals surface area contributed by atoms with Crippen LogP contribution in [0, 0.1) is 19.7 Å². The predicted molar refractivity (Wildman–Crippen MR) is 92.5 cm³/mol. The molecule has 1 aliphatic rings. The van der Waals surface area contributed by atoms with Gasteiger partial charge in [0.1, 0.15) is 5.82 Å². The number of carbonyl (C=O) groups is 1. The average molecular weight is 346 g/mol. The van der Waals surface area contributed by atoms with Crippen molar-refractivity contribution in [3.05, 3.63) is 53.1 Å². The summed E-state index contributed by atoms with van der Waals surface area (Å²) in [5.74, 6) is -0.365. The molecule has 1 aromatic carbocycles. The molecule has 3 rings (SSSR count). The first-order valence-corrected chi connectivity index (χ1v) is 8.40. The molecule has 2 unspecified atom stereocenters. The van der Waals surface area contributed by atoms with E-state index in [-0.39, 0.29) is 30.5 Å². The minimum Gasteiger partial charge on any atom is -0.394 e. The Hall–Kier alpha value is -2.18. The lowest BCUT2D eigenvalue weighted by molar-refractivity contribution is -0.0667. The van der Waals surface area contributed by atoms with E-state index in [1.807, 2.05) is 31.4 Å². The largest absolute Gasteiger partial charge is 0.394 e. The Morgan fingerprint density at radius 3 is 2.64 bits per heavy atom. The summed E-state index contributed by atoms with van der Waals surface area (Å²) in [6.45, 7) is 6.42. The van der Waals surface area contributed by atoms with E-state index in [9.17, 15) is 14.3 Å². The summed E-state index contributed by atoms with van der Waals surface area (Å²) in [5.41, 5.74) is 3.16. The van der Waals surface area contributed by atoms with E-state index in [4.69, 9.17) is 4.74 Å². The number of aliphatic hydroxyl groups excluding tert-OH is 1. The molecule has 2 aromatic rings. The Kier molecular flexibility index (Phi) is 4.92. The molecule has 0 aliphatic carbocycles. The minimum atomic E-state index is -0.347. The molecule has 1 N–H and O–H groups in total. The minimum absolute atomic E-state index is 0.0517. The maximum atomic E-state index is 13.2. The van der Waals surface area contributed by atoms with Crippen molar-refractivity contribution in [3.63, 3.8) is 0 Å². The van der Waals surface area contributed by atoms with Gasteiger partial charge in [-0.05, 0) is 51.1 Å². The fourth-order valence-electron chi connectivity index (χ4n) is 3.33. The molecule has 1 amide bonds. The van der Waals surface area contributed by atoms with Gasteiger partial charge in [-0.3, -0.25) is 4.79 Å². The lowest BCUT2D eigenvalue weighted by Gasteiger charge is -2.37. The highest BCUT2D eigenvalue weighted by Gasteiger charge is 2.31. The van der Waals surface area contributed by atoms with E-state index in [0.29, 0.717) is 18.7 Å². The van der Waals surface area contributed by atoms with Gasteiger partial charge in [0.05, 0.1) is 30.9 Å². The topological polar surface area (TPSA) is 54.7 Å². The molecular weight excluding hydrogens is 323 g/mol. The van der Waals surface area contributed by atoms with Crippen molar-refractivity contribution in [3.8, 4) is 5.69 Å². The number of aryl methyl sites for hydroxylation is 1. The van der Waals surface area contributed by atoms with E-state index < -0.39 is 0 Å². The first-order chi connectivity index (χ1) is 11.9. The zero-order chi connectivity index (χ0) is 18.1. The number of halogens is 1. The molecule has 5 nitrogen and oxygen atoms in total. The van der Waals surface area contributed by atoms with Crippen molar-refractivity contribution in [2.24, 2.45) is 0 Å². The second-order valence-electron chi connectivity index (χ2n) is 6.54. The summed E-state index contributed by atoms with van der Waals surface area (Å²) < 4.78 is 20.6. The number of aromatic nitrogens is 1. The van der Waals surface area contributed by atoms with E-state index >= 15 is 0 Å². The first kappa shape index (κ1) is 17.6. The van der Waals surface area contributed by atoms with Gasteiger partial charge < -0.3 is 19.3 Å². The van der Waals surface area contributed by atoms with Crippen LogP contribution in [-0.4, -0.2) is 52.4 Å². The number of carbonyl (C=O) groups excluding carboxylic acids is 1. The zero-order valence-electron chi connectivity index (χ0n) is 14.7. The highest BCUT2D eigenvalue weighted by atomic mass is 19.1. The second-order valence-corrected chi connectivity index (χ2v) is 6.54. The van der Waals surface area contributed by atoms with Crippen molar-refractivity contribution in [2.45, 2.75) is 32.9 Å². The Morgan fingerprint density at radius 2 is 2.00 bits per heavy atom. The molecular formula is C19H23FN2O3. The van der Waals surface area contributed by atoms with Crippen molar-refractivity contribution in [1.82, 2.24) is 9.47 Å². The van der Waals surface area contributed by atoms with E-state index in [1.165, 1.54) is 12.1 Å². The first-order valence-electron chi connectivity index (χ1n) is 8.40. The molecule has 6 heteroatoms. The van der Waals surface area contributed by atoms with Crippen molar-refractivity contribution in [1.29, 1.82) is 0 Å². The molecule has 0 saturated carbocycles. The van der Waals surface area contributed by atoms with Gasteiger partial charge in [-0.1, -0.05) is 0 Å². The van der Waals surface area contributed by atoms with Crippen molar-refractivity contribution >= 4 is 5.91 Å². The van der Waals surface area contributed by atoms with E-state index in [0.717, 1.165) is 17.1 Å². The number of hydrogen-bond acceptors (Lipinski definition) is 3. The van der Waals surface area contributed by atoms with Gasteiger partial charge in [0.25, 0.3) is 5.91 Å². The SMILES string of the molecule is Cc1cc(C(=O)N2CC(CO)OCC2C)c(C)n1-c1ccc(F)cc1. The Balaban J connectivity index is 1.94. The molecule has 1 aromatic heterocycles. The predicted octanol–water partition coefficient (Wildman–Crippen LogP) is 2.46. The van der Waals surface area contributed by atoms with Gasteiger partial charge in [-0.25, -0.2) is 4.39 Å². The molecule has 1 saturated heterocycles. The lowest BCUT2D eigenvalue weighted by atomic mass is 10.1. The Labute approximate surface area is 146 Å². The van der Waals surface area contributed by atoms with Gasteiger partial charge in [0.15, 0.2) is 0 Å². The number of aliphatic hydroxyl groups is 1. The molecule has 0 radical (unpaired) electrons. The van der Waals surface area contributed by atoms with Gasteiger partial charge in [0.2, 0.25) is 0 Å². The van der Waals surface area contributed by atoms with E-state index in [2.05, 4.69) is 0 Å². The third-order valence-corrected chi connectivity index (χ3v) is 4.72. The Bertz CT molecular complexity index is 770. The fourth-order valence-corrected chi connectivity index (χ4v) is 3.33. The quantitative estimate of drug-likeness (QED) is 0.929. The van der Waals surface area contributed by atoms with Gasteiger partial charge in [0, 0.05) is 23.6 Å². The summed E-state index contributed by atoms with van der Waals surface area (Å²) in [7, 11) is 0. The summed E-state index contributed by atoms with van der Waals surface area (Å²) >= 11 is 0. The number of hydrogen-bond donors (Lipinski definition) is 1. The van der Waals surface area contributed by atoms with Gasteiger partial charge >= 0.3 is 0 Å². The second kappa shape index (κ2) is 6.98. The number of ether oxygens (including phenoxy) is 1. The maximum Gasteiger partial charge on any atom is 0.256 e. The molecule has 1 aliphatic heterocycles. The molecule has 25 heavy (non-hydrogen) atoms. The molecule has 0 bridgehead atoms. The van der Waals surface area contributed by atoms with E-state index in [1.54, 1.807) is 17.0 Å². The highest BCUT2D eigenvalue weighted by molar-refractivity contribution is 5.96. The van der Waals surface area contributed by atoms with Crippen LogP contribution in [0.1, 0.15) is 28.7 Å². The standard InChI is InChI=1S/C19H23FN2O3/c1-12-8-18(14(3)22(12)16-6-4-15(20)5-7-16)19(24)21-9-17(10-23)25-11-13(21)2/h4-8,13,17,23H,9-11H2,1-3H3. The number of morpholine rings is 1. The molecule has 1 fully saturated rings. The van der Waals surface area contributed by atoms with Crippen LogP contribution in [0.4, 0.5) is 4.39 Å². The fraction of sp³-hybridized carbons (Fsp3) is 0.421. The monoisotopic (exact) mass is 346 g/mol. The van der Waals surface area contributed by atoms with Crippen molar-refractivity contribution in [2.75, 3.05) is 19.8 Å². The molecule has 2 atom stereocenters. The molecule has 0 spiro atoms. The average Bonchev–Trinajstić information content (AvgIpc) is 2.90. The van der Waals surface area contributed by atoms with Crippen LogP contribution in [-0.2, 0) is 4.74 Å². The maximum absolute atomic E-state index is 13.2. The lowest BCUT2D eigenvalue weighted by Crippen LogP contribution is -2.52. The Morgan fingerprint density at radius 1 is 1.32 bits per heavy atom.